The normalized spacial score (nSPS) is 10.6. The van der Waals surface area contributed by atoms with Gasteiger partial charge in [-0.3, -0.25) is 10.1 Å². The molecule has 0 N–H and O–H groups in total. The maximum Gasteiger partial charge on any atom is 0.334 e. The Balaban J connectivity index is 2.13. The summed E-state index contributed by atoms with van der Waals surface area (Å²) in [4.78, 5) is 10.4. The summed E-state index contributed by atoms with van der Waals surface area (Å²) in [5.41, 5.74) is 1.40. The van der Waals surface area contributed by atoms with Crippen LogP contribution in [0, 0.1) is 17.0 Å². The first-order valence-corrected chi connectivity index (χ1v) is 6.21. The first-order chi connectivity index (χ1) is 8.58. The van der Waals surface area contributed by atoms with Crippen molar-refractivity contribution in [2.45, 2.75) is 19.8 Å². The second-order valence-corrected chi connectivity index (χ2v) is 4.84. The van der Waals surface area contributed by atoms with E-state index in [0.29, 0.717) is 24.3 Å². The van der Waals surface area contributed by atoms with Crippen LogP contribution in [0.5, 0.6) is 0 Å². The van der Waals surface area contributed by atoms with Crippen LogP contribution in [-0.2, 0) is 12.8 Å². The molecule has 0 unspecified atom stereocenters. The second kappa shape index (κ2) is 5.30. The number of hydrogen-bond donors (Lipinski definition) is 0. The summed E-state index contributed by atoms with van der Waals surface area (Å²) in [6, 6.07) is 7.82. The molecule has 2 rings (SSSR count). The summed E-state index contributed by atoms with van der Waals surface area (Å²) >= 11 is 3.39. The maximum atomic E-state index is 10.9. The van der Waals surface area contributed by atoms with Gasteiger partial charge in [0.2, 0.25) is 5.76 Å². The molecule has 1 aromatic carbocycles. The summed E-state index contributed by atoms with van der Waals surface area (Å²) in [7, 11) is 0. The number of hydrogen-bond acceptors (Lipinski definition) is 4. The van der Waals surface area contributed by atoms with Crippen molar-refractivity contribution < 1.29 is 9.45 Å². The first-order valence-electron chi connectivity index (χ1n) is 5.42. The molecule has 0 radical (unpaired) electrons. The predicted octanol–water partition coefficient (Wildman–Crippen LogP) is 3.44. The third kappa shape index (κ3) is 2.76. The van der Waals surface area contributed by atoms with E-state index >= 15 is 0 Å². The van der Waals surface area contributed by atoms with E-state index in [1.165, 1.54) is 0 Å². The highest BCUT2D eigenvalue weighted by molar-refractivity contribution is 9.10. The Labute approximate surface area is 112 Å². The molecule has 0 bridgehead atoms. The maximum absolute atomic E-state index is 10.9. The van der Waals surface area contributed by atoms with Crippen LogP contribution in [0.1, 0.15) is 17.0 Å². The van der Waals surface area contributed by atoms with Crippen LogP contribution in [0.25, 0.3) is 0 Å². The van der Waals surface area contributed by atoms with Gasteiger partial charge in [0.25, 0.3) is 0 Å². The molecule has 0 saturated carbocycles. The Morgan fingerprint density at radius 1 is 1.44 bits per heavy atom. The molecule has 5 nitrogen and oxygen atoms in total. The number of nitrogens with zero attached hydrogens (tertiary/aromatic N) is 2. The SMILES string of the molecule is Cc1noc(CCc2cccc(Br)c2)c1[N+](=O)[O-]. The van der Waals surface area contributed by atoms with E-state index in [1.54, 1.807) is 6.92 Å². The van der Waals surface area contributed by atoms with Crippen molar-refractivity contribution in [3.05, 3.63) is 55.9 Å². The van der Waals surface area contributed by atoms with Crippen molar-refractivity contribution in [2.75, 3.05) is 0 Å². The third-order valence-corrected chi connectivity index (χ3v) is 3.11. The quantitative estimate of drug-likeness (QED) is 0.640. The predicted molar refractivity (Wildman–Crippen MR) is 69.4 cm³/mol. The van der Waals surface area contributed by atoms with Crippen molar-refractivity contribution >= 4 is 21.6 Å². The molecule has 2 aromatic rings. The fourth-order valence-electron chi connectivity index (χ4n) is 1.76. The van der Waals surface area contributed by atoms with Gasteiger partial charge < -0.3 is 4.52 Å². The lowest BCUT2D eigenvalue weighted by molar-refractivity contribution is -0.386. The van der Waals surface area contributed by atoms with E-state index in [-0.39, 0.29) is 5.69 Å². The van der Waals surface area contributed by atoms with E-state index in [1.807, 2.05) is 24.3 Å². The second-order valence-electron chi connectivity index (χ2n) is 3.93. The van der Waals surface area contributed by atoms with Crippen molar-refractivity contribution in [3.63, 3.8) is 0 Å². The monoisotopic (exact) mass is 310 g/mol. The molecule has 0 aliphatic carbocycles. The van der Waals surface area contributed by atoms with Crippen molar-refractivity contribution in [2.24, 2.45) is 0 Å². The molecule has 0 fully saturated rings. The molecule has 0 spiro atoms. The minimum atomic E-state index is -0.442. The van der Waals surface area contributed by atoms with Gasteiger partial charge in [-0.15, -0.1) is 0 Å². The van der Waals surface area contributed by atoms with Gasteiger partial charge in [0, 0.05) is 10.9 Å². The number of rotatable bonds is 4. The zero-order chi connectivity index (χ0) is 13.1. The first kappa shape index (κ1) is 12.8. The lowest BCUT2D eigenvalue weighted by Gasteiger charge is -1.99. The standard InChI is InChI=1S/C12H11BrN2O3/c1-8-12(15(16)17)11(18-14-8)6-5-9-3-2-4-10(13)7-9/h2-4,7H,5-6H2,1H3. The van der Waals surface area contributed by atoms with E-state index in [2.05, 4.69) is 21.1 Å². The van der Waals surface area contributed by atoms with Crippen LogP contribution in [0.2, 0.25) is 0 Å². The van der Waals surface area contributed by atoms with E-state index < -0.39 is 4.92 Å². The van der Waals surface area contributed by atoms with Gasteiger partial charge in [-0.05, 0) is 31.0 Å². The minimum Gasteiger partial charge on any atom is -0.354 e. The highest BCUT2D eigenvalue weighted by Gasteiger charge is 2.23. The number of benzene rings is 1. The molecule has 0 atom stereocenters. The lowest BCUT2D eigenvalue weighted by Crippen LogP contribution is -1.96. The number of aromatic nitrogens is 1. The average molecular weight is 311 g/mol. The van der Waals surface area contributed by atoms with Crippen LogP contribution >= 0.6 is 15.9 Å². The van der Waals surface area contributed by atoms with Crippen molar-refractivity contribution in [1.82, 2.24) is 5.16 Å². The Morgan fingerprint density at radius 3 is 2.89 bits per heavy atom. The fraction of sp³-hybridized carbons (Fsp3) is 0.250. The van der Waals surface area contributed by atoms with Gasteiger partial charge in [0.1, 0.15) is 0 Å². The molecule has 0 saturated heterocycles. The third-order valence-electron chi connectivity index (χ3n) is 2.61. The van der Waals surface area contributed by atoms with Crippen LogP contribution in [0.4, 0.5) is 5.69 Å². The molecule has 0 aliphatic heterocycles. The van der Waals surface area contributed by atoms with Crippen LogP contribution in [0.15, 0.2) is 33.3 Å². The van der Waals surface area contributed by atoms with E-state index in [9.17, 15) is 10.1 Å². The average Bonchev–Trinajstić information content (AvgIpc) is 2.68. The Bertz CT molecular complexity index is 580. The fourth-order valence-corrected chi connectivity index (χ4v) is 2.21. The summed E-state index contributed by atoms with van der Waals surface area (Å²) in [6.45, 7) is 1.57. The van der Waals surface area contributed by atoms with Crippen LogP contribution in [-0.4, -0.2) is 10.1 Å². The summed E-state index contributed by atoms with van der Waals surface area (Å²) in [5, 5.41) is 14.5. The Hall–Kier alpha value is -1.69. The van der Waals surface area contributed by atoms with E-state index in [4.69, 9.17) is 4.52 Å². The Morgan fingerprint density at radius 2 is 2.22 bits per heavy atom. The van der Waals surface area contributed by atoms with Gasteiger partial charge in [0.15, 0.2) is 5.69 Å². The Kier molecular flexibility index (Phi) is 3.76. The molecule has 1 heterocycles. The molecule has 6 heteroatoms. The van der Waals surface area contributed by atoms with Gasteiger partial charge in [-0.25, -0.2) is 0 Å². The summed E-state index contributed by atoms with van der Waals surface area (Å²) in [6.07, 6.45) is 1.14. The van der Waals surface area contributed by atoms with Gasteiger partial charge in [-0.2, -0.15) is 0 Å². The topological polar surface area (TPSA) is 69.2 Å². The number of nitro groups is 1. The summed E-state index contributed by atoms with van der Waals surface area (Å²) < 4.78 is 5.99. The van der Waals surface area contributed by atoms with Crippen LogP contribution in [0.3, 0.4) is 0 Å². The molecule has 18 heavy (non-hydrogen) atoms. The minimum absolute atomic E-state index is 0.00926. The highest BCUT2D eigenvalue weighted by atomic mass is 79.9. The van der Waals surface area contributed by atoms with E-state index in [0.717, 1.165) is 10.0 Å². The highest BCUT2D eigenvalue weighted by Crippen LogP contribution is 2.24. The molecule has 0 amide bonds. The molecule has 94 valence electrons. The van der Waals surface area contributed by atoms with Gasteiger partial charge in [0.05, 0.1) is 4.92 Å². The molecule has 1 aromatic heterocycles. The van der Waals surface area contributed by atoms with Crippen LogP contribution < -0.4 is 0 Å². The number of halogens is 1. The largest absolute Gasteiger partial charge is 0.354 e. The molecular weight excluding hydrogens is 300 g/mol. The zero-order valence-corrected chi connectivity index (χ0v) is 11.3. The number of aryl methyl sites for hydroxylation is 3. The molecule has 0 aliphatic rings. The van der Waals surface area contributed by atoms with Crippen molar-refractivity contribution in [3.8, 4) is 0 Å². The van der Waals surface area contributed by atoms with Gasteiger partial charge in [-0.1, -0.05) is 33.2 Å². The molecular formula is C12H11BrN2O3. The van der Waals surface area contributed by atoms with Crippen molar-refractivity contribution in [1.29, 1.82) is 0 Å². The summed E-state index contributed by atoms with van der Waals surface area (Å²) in [5.74, 6) is 0.331. The smallest absolute Gasteiger partial charge is 0.334 e. The zero-order valence-electron chi connectivity index (χ0n) is 9.72. The van der Waals surface area contributed by atoms with Gasteiger partial charge >= 0.3 is 5.69 Å². The lowest BCUT2D eigenvalue weighted by atomic mass is 10.1.